The van der Waals surface area contributed by atoms with Gasteiger partial charge in [-0.15, -0.1) is 11.3 Å². The highest BCUT2D eigenvalue weighted by Crippen LogP contribution is 2.31. The average Bonchev–Trinajstić information content (AvgIpc) is 2.93. The number of hydrogen-bond acceptors (Lipinski definition) is 4. The Labute approximate surface area is 127 Å². The van der Waals surface area contributed by atoms with Crippen molar-refractivity contribution in [3.8, 4) is 0 Å². The van der Waals surface area contributed by atoms with Crippen LogP contribution in [0.1, 0.15) is 23.7 Å². The molecule has 20 heavy (non-hydrogen) atoms. The molecule has 0 aliphatic heterocycles. The standard InChI is InChI=1S/C13H12BrFN4S/c1-6-5-20-12(17-6)7(2)19-11-4-9(15)8(14)3-10(11)18-13(19)16/h3-5,7H,1-2H3,(H2,16,18). The van der Waals surface area contributed by atoms with Gasteiger partial charge >= 0.3 is 0 Å². The summed E-state index contributed by atoms with van der Waals surface area (Å²) in [6, 6.07) is 3.00. The summed E-state index contributed by atoms with van der Waals surface area (Å²) in [5, 5.41) is 2.91. The molecule has 0 radical (unpaired) electrons. The molecule has 1 unspecified atom stereocenters. The van der Waals surface area contributed by atoms with Crippen LogP contribution in [0.2, 0.25) is 0 Å². The van der Waals surface area contributed by atoms with Crippen molar-refractivity contribution in [1.82, 2.24) is 14.5 Å². The Kier molecular flexibility index (Phi) is 3.25. The van der Waals surface area contributed by atoms with Crippen LogP contribution in [0.3, 0.4) is 0 Å². The first-order valence-electron chi connectivity index (χ1n) is 6.02. The summed E-state index contributed by atoms with van der Waals surface area (Å²) in [6.45, 7) is 3.93. The third kappa shape index (κ3) is 2.10. The van der Waals surface area contributed by atoms with E-state index in [0.717, 1.165) is 10.7 Å². The zero-order chi connectivity index (χ0) is 14.4. The molecular weight excluding hydrogens is 343 g/mol. The molecule has 1 aromatic carbocycles. The van der Waals surface area contributed by atoms with E-state index in [2.05, 4.69) is 25.9 Å². The number of anilines is 1. The summed E-state index contributed by atoms with van der Waals surface area (Å²) < 4.78 is 16.0. The number of nitrogens with two attached hydrogens (primary N) is 1. The van der Waals surface area contributed by atoms with Gasteiger partial charge in [0.25, 0.3) is 0 Å². The number of nitrogen functional groups attached to an aromatic ring is 1. The van der Waals surface area contributed by atoms with Crippen LogP contribution in [0.4, 0.5) is 10.3 Å². The maximum absolute atomic E-state index is 13.8. The number of halogens is 2. The molecule has 0 saturated carbocycles. The van der Waals surface area contributed by atoms with E-state index in [0.29, 0.717) is 21.5 Å². The van der Waals surface area contributed by atoms with Gasteiger partial charge in [0, 0.05) is 17.1 Å². The second kappa shape index (κ2) is 4.82. The second-order valence-electron chi connectivity index (χ2n) is 4.60. The molecule has 1 atom stereocenters. The van der Waals surface area contributed by atoms with Gasteiger partial charge in [-0.2, -0.15) is 0 Å². The van der Waals surface area contributed by atoms with Gasteiger partial charge in [-0.3, -0.25) is 0 Å². The van der Waals surface area contributed by atoms with Crippen LogP contribution in [-0.2, 0) is 0 Å². The third-order valence-electron chi connectivity index (χ3n) is 3.14. The molecule has 2 N–H and O–H groups in total. The monoisotopic (exact) mass is 354 g/mol. The lowest BCUT2D eigenvalue weighted by Crippen LogP contribution is -2.10. The lowest BCUT2D eigenvalue weighted by Gasteiger charge is -2.13. The molecule has 2 heterocycles. The first-order chi connectivity index (χ1) is 9.47. The van der Waals surface area contributed by atoms with Crippen molar-refractivity contribution in [2.24, 2.45) is 0 Å². The SMILES string of the molecule is Cc1csc(C(C)n2c(N)nc3cc(Br)c(F)cc32)n1. The minimum atomic E-state index is -0.332. The van der Waals surface area contributed by atoms with Gasteiger partial charge in [0.2, 0.25) is 5.95 Å². The molecule has 0 amide bonds. The third-order valence-corrected chi connectivity index (χ3v) is 4.88. The van der Waals surface area contributed by atoms with E-state index < -0.39 is 0 Å². The number of benzene rings is 1. The van der Waals surface area contributed by atoms with E-state index in [-0.39, 0.29) is 11.9 Å². The summed E-state index contributed by atoms with van der Waals surface area (Å²) in [6.07, 6.45) is 0. The summed E-state index contributed by atoms with van der Waals surface area (Å²) in [5.41, 5.74) is 8.29. The number of aromatic nitrogens is 3. The van der Waals surface area contributed by atoms with E-state index in [4.69, 9.17) is 5.73 Å². The molecular formula is C13H12BrFN4S. The summed E-state index contributed by atoms with van der Waals surface area (Å²) in [5.74, 6) is 0.0269. The number of aryl methyl sites for hydroxylation is 1. The molecule has 2 aromatic heterocycles. The van der Waals surface area contributed by atoms with Gasteiger partial charge in [0.05, 0.1) is 21.5 Å². The van der Waals surface area contributed by atoms with Crippen LogP contribution in [0, 0.1) is 12.7 Å². The maximum atomic E-state index is 13.8. The molecule has 0 spiro atoms. The first kappa shape index (κ1) is 13.5. The predicted octanol–water partition coefficient (Wildman–Crippen LogP) is 3.89. The smallest absolute Gasteiger partial charge is 0.201 e. The quantitative estimate of drug-likeness (QED) is 0.759. The van der Waals surface area contributed by atoms with Crippen molar-refractivity contribution >= 4 is 44.2 Å². The summed E-state index contributed by atoms with van der Waals surface area (Å²) >= 11 is 4.72. The Bertz CT molecular complexity index is 795. The van der Waals surface area contributed by atoms with E-state index in [9.17, 15) is 4.39 Å². The van der Waals surface area contributed by atoms with Crippen molar-refractivity contribution in [2.45, 2.75) is 19.9 Å². The Morgan fingerprint density at radius 3 is 2.80 bits per heavy atom. The molecule has 7 heteroatoms. The Balaban J connectivity index is 2.20. The lowest BCUT2D eigenvalue weighted by molar-refractivity contribution is 0.618. The second-order valence-corrected chi connectivity index (χ2v) is 6.34. The number of imidazole rings is 1. The van der Waals surface area contributed by atoms with Crippen LogP contribution in [0.25, 0.3) is 11.0 Å². The van der Waals surface area contributed by atoms with Crippen molar-refractivity contribution in [3.63, 3.8) is 0 Å². The highest BCUT2D eigenvalue weighted by atomic mass is 79.9. The van der Waals surface area contributed by atoms with Gasteiger partial charge in [-0.1, -0.05) is 0 Å². The fourth-order valence-electron chi connectivity index (χ4n) is 2.19. The van der Waals surface area contributed by atoms with E-state index in [1.54, 1.807) is 17.4 Å². The van der Waals surface area contributed by atoms with E-state index >= 15 is 0 Å². The zero-order valence-corrected chi connectivity index (χ0v) is 13.3. The van der Waals surface area contributed by atoms with Crippen LogP contribution in [0.15, 0.2) is 22.0 Å². The lowest BCUT2D eigenvalue weighted by atomic mass is 10.2. The first-order valence-corrected chi connectivity index (χ1v) is 7.69. The van der Waals surface area contributed by atoms with E-state index in [1.165, 1.54) is 6.07 Å². The van der Waals surface area contributed by atoms with Crippen LogP contribution >= 0.6 is 27.3 Å². The normalized spacial score (nSPS) is 13.0. The fraction of sp³-hybridized carbons (Fsp3) is 0.231. The molecule has 3 rings (SSSR count). The highest BCUT2D eigenvalue weighted by Gasteiger charge is 2.19. The molecule has 4 nitrogen and oxygen atoms in total. The predicted molar refractivity (Wildman–Crippen MR) is 82.5 cm³/mol. The molecule has 0 aliphatic rings. The number of hydrogen-bond donors (Lipinski definition) is 1. The van der Waals surface area contributed by atoms with Crippen molar-refractivity contribution in [1.29, 1.82) is 0 Å². The Morgan fingerprint density at radius 2 is 2.15 bits per heavy atom. The zero-order valence-electron chi connectivity index (χ0n) is 10.9. The van der Waals surface area contributed by atoms with Gasteiger partial charge < -0.3 is 10.3 Å². The van der Waals surface area contributed by atoms with Crippen LogP contribution in [-0.4, -0.2) is 14.5 Å². The molecule has 0 fully saturated rings. The largest absolute Gasteiger partial charge is 0.369 e. The summed E-state index contributed by atoms with van der Waals surface area (Å²) in [4.78, 5) is 8.76. The Hall–Kier alpha value is -1.47. The van der Waals surface area contributed by atoms with Crippen molar-refractivity contribution in [3.05, 3.63) is 38.5 Å². The van der Waals surface area contributed by atoms with Crippen molar-refractivity contribution < 1.29 is 4.39 Å². The van der Waals surface area contributed by atoms with Crippen molar-refractivity contribution in [2.75, 3.05) is 5.73 Å². The number of thiazole rings is 1. The Morgan fingerprint density at radius 1 is 1.40 bits per heavy atom. The minimum Gasteiger partial charge on any atom is -0.369 e. The van der Waals surface area contributed by atoms with Gasteiger partial charge in [-0.25, -0.2) is 14.4 Å². The molecule has 3 aromatic rings. The number of fused-ring (bicyclic) bond motifs is 1. The van der Waals surface area contributed by atoms with Gasteiger partial charge in [0.15, 0.2) is 0 Å². The highest BCUT2D eigenvalue weighted by molar-refractivity contribution is 9.10. The number of rotatable bonds is 2. The summed E-state index contributed by atoms with van der Waals surface area (Å²) in [7, 11) is 0. The molecule has 0 saturated heterocycles. The average molecular weight is 355 g/mol. The molecule has 104 valence electrons. The van der Waals surface area contributed by atoms with Crippen LogP contribution in [0.5, 0.6) is 0 Å². The molecule has 0 aliphatic carbocycles. The fourth-order valence-corrected chi connectivity index (χ4v) is 3.36. The van der Waals surface area contributed by atoms with Gasteiger partial charge in [-0.05, 0) is 35.8 Å². The minimum absolute atomic E-state index is 0.0840. The van der Waals surface area contributed by atoms with E-state index in [1.807, 2.05) is 23.8 Å². The number of nitrogens with zero attached hydrogens (tertiary/aromatic N) is 3. The van der Waals surface area contributed by atoms with Crippen LogP contribution < -0.4 is 5.73 Å². The van der Waals surface area contributed by atoms with Gasteiger partial charge in [0.1, 0.15) is 10.8 Å². The topological polar surface area (TPSA) is 56.7 Å². The maximum Gasteiger partial charge on any atom is 0.201 e. The molecule has 0 bridgehead atoms.